The van der Waals surface area contributed by atoms with Gasteiger partial charge in [-0.1, -0.05) is 85.7 Å². The molecule has 0 aliphatic carbocycles. The second-order valence-corrected chi connectivity index (χ2v) is 15.9. The number of hydrogen-bond donors (Lipinski definition) is 2. The average molecular weight is 904 g/mol. The van der Waals surface area contributed by atoms with Crippen LogP contribution in [-0.4, -0.2) is 99.5 Å². The highest BCUT2D eigenvalue weighted by atomic mass is 16.5. The average Bonchev–Trinajstić information content (AvgIpc) is 4.00. The van der Waals surface area contributed by atoms with E-state index in [1.54, 1.807) is 0 Å². The molecule has 0 amide bonds. The lowest BCUT2D eigenvalue weighted by molar-refractivity contribution is 0.320. The number of ether oxygens (including phenoxy) is 2. The third kappa shape index (κ3) is 14.8. The van der Waals surface area contributed by atoms with Crippen LogP contribution in [0.5, 0.6) is 11.5 Å². The standard InChI is InChI=1S/C24H32N4O.C23H31N7O.3C2H6/c1-6-7-19(3)28-17-21(9-11-24(28)25-4)22-10-8-18(2)14-23(22)29-13-12-20-15-26-27(5)16-20;1-15-7-8-19(20-13-30-22(12-24-20)25-26-23(30)14-28(4)5)21(11-15)31-10-9-18-16(2)27-29(6)17(18)3;3*1-2/h8-11,14-17,24-25H,3,6-7,12-13H2,1-2,4-5H3;7-8,11-13,22,25H,9-10,14H2,1-6H3;3*1-2H3. The van der Waals surface area contributed by atoms with Gasteiger partial charge >= 0.3 is 0 Å². The first-order valence-corrected chi connectivity index (χ1v) is 23.8. The summed E-state index contributed by atoms with van der Waals surface area (Å²) in [5.74, 6) is 2.73. The predicted molar refractivity (Wildman–Crippen MR) is 278 cm³/mol. The Morgan fingerprint density at radius 3 is 2.09 bits per heavy atom. The second kappa shape index (κ2) is 27.5. The summed E-state index contributed by atoms with van der Waals surface area (Å²) in [5.41, 5.74) is 15.3. The van der Waals surface area contributed by atoms with Crippen molar-refractivity contribution in [1.29, 1.82) is 0 Å². The molecule has 66 heavy (non-hydrogen) atoms. The Balaban J connectivity index is 0.000000316. The molecule has 0 saturated carbocycles. The first-order chi connectivity index (χ1) is 31.8. The molecule has 0 fully saturated rings. The third-order valence-electron chi connectivity index (χ3n) is 10.8. The van der Waals surface area contributed by atoms with Crippen molar-refractivity contribution >= 4 is 23.3 Å². The molecule has 2 N–H and O–H groups in total. The van der Waals surface area contributed by atoms with Gasteiger partial charge in [0.15, 0.2) is 6.17 Å². The lowest BCUT2D eigenvalue weighted by Gasteiger charge is -2.33. The summed E-state index contributed by atoms with van der Waals surface area (Å²) in [5, 5.41) is 16.5. The number of rotatable bonds is 16. The Labute approximate surface area is 397 Å². The normalized spacial score (nSPS) is 15.6. The zero-order chi connectivity index (χ0) is 48.9. The van der Waals surface area contributed by atoms with Gasteiger partial charge in [0.1, 0.15) is 23.5 Å². The van der Waals surface area contributed by atoms with Gasteiger partial charge in [-0.2, -0.15) is 15.3 Å². The number of aliphatic imine (C=N–C) groups is 1. The molecule has 7 rings (SSSR count). The van der Waals surface area contributed by atoms with E-state index in [9.17, 15) is 0 Å². The Bertz CT molecular complexity index is 2290. The van der Waals surface area contributed by atoms with Crippen molar-refractivity contribution in [1.82, 2.24) is 45.0 Å². The zero-order valence-electron chi connectivity index (χ0n) is 43.2. The summed E-state index contributed by atoms with van der Waals surface area (Å²) in [6.45, 7) is 28.7. The molecule has 360 valence electrons. The van der Waals surface area contributed by atoms with Crippen molar-refractivity contribution in [3.05, 3.63) is 130 Å². The van der Waals surface area contributed by atoms with Crippen LogP contribution in [0.2, 0.25) is 0 Å². The van der Waals surface area contributed by atoms with Crippen molar-refractivity contribution < 1.29 is 9.47 Å². The van der Waals surface area contributed by atoms with Crippen molar-refractivity contribution in [3.63, 3.8) is 0 Å². The fourth-order valence-corrected chi connectivity index (χ4v) is 7.47. The molecule has 2 unspecified atom stereocenters. The molecule has 2 aromatic heterocycles. The van der Waals surface area contributed by atoms with Crippen molar-refractivity contribution in [2.24, 2.45) is 24.2 Å². The first-order valence-electron chi connectivity index (χ1n) is 23.8. The van der Waals surface area contributed by atoms with E-state index >= 15 is 0 Å². The highest BCUT2D eigenvalue weighted by Crippen LogP contribution is 2.33. The van der Waals surface area contributed by atoms with E-state index in [2.05, 4.69) is 143 Å². The van der Waals surface area contributed by atoms with E-state index in [0.29, 0.717) is 13.2 Å². The quantitative estimate of drug-likeness (QED) is 0.114. The molecule has 2 atom stereocenters. The van der Waals surface area contributed by atoms with E-state index < -0.39 is 0 Å². The lowest BCUT2D eigenvalue weighted by Crippen LogP contribution is -2.42. The van der Waals surface area contributed by atoms with Gasteiger partial charge < -0.3 is 24.2 Å². The summed E-state index contributed by atoms with van der Waals surface area (Å²) in [4.78, 5) is 11.2. The number of benzene rings is 2. The molecule has 0 saturated heterocycles. The van der Waals surface area contributed by atoms with Gasteiger partial charge in [-0.3, -0.25) is 25.1 Å². The van der Waals surface area contributed by atoms with Crippen LogP contribution in [-0.2, 0) is 26.9 Å². The number of likely N-dealkylation sites (N-methyl/N-ethyl adjacent to an activating group) is 2. The number of allylic oxidation sites excluding steroid dienone is 3. The van der Waals surface area contributed by atoms with Gasteiger partial charge in [0.25, 0.3) is 0 Å². The van der Waals surface area contributed by atoms with E-state index in [4.69, 9.17) is 14.5 Å². The third-order valence-corrected chi connectivity index (χ3v) is 10.8. The zero-order valence-corrected chi connectivity index (χ0v) is 43.2. The molecular weight excluding hydrogens is 823 g/mol. The van der Waals surface area contributed by atoms with Crippen LogP contribution in [0.1, 0.15) is 106 Å². The fraction of sp³-hybridized carbons (Fsp3) is 0.472. The number of fused-ring (bicyclic) bond motifs is 1. The number of hydrogen-bond acceptors (Lipinski definition) is 11. The van der Waals surface area contributed by atoms with E-state index in [0.717, 1.165) is 88.9 Å². The second-order valence-electron chi connectivity index (χ2n) is 15.9. The number of nitrogens with one attached hydrogen (secondary N) is 2. The van der Waals surface area contributed by atoms with Crippen LogP contribution in [0, 0.1) is 27.7 Å². The predicted octanol–water partition coefficient (Wildman–Crippen LogP) is 9.96. The molecule has 5 heterocycles. The molecule has 4 aromatic rings. The van der Waals surface area contributed by atoms with Gasteiger partial charge in [-0.25, -0.2) is 0 Å². The topological polar surface area (TPSA) is 113 Å². The number of nitrogens with zero attached hydrogens (tertiary/aromatic N) is 9. The minimum Gasteiger partial charge on any atom is -0.493 e. The summed E-state index contributed by atoms with van der Waals surface area (Å²) < 4.78 is 16.2. The number of amidine groups is 1. The molecule has 13 nitrogen and oxygen atoms in total. The van der Waals surface area contributed by atoms with E-state index in [1.165, 1.54) is 22.4 Å². The van der Waals surface area contributed by atoms with Crippen molar-refractivity contribution in [2.75, 3.05) is 40.9 Å². The molecule has 3 aliphatic rings. The summed E-state index contributed by atoms with van der Waals surface area (Å²) >= 11 is 0. The summed E-state index contributed by atoms with van der Waals surface area (Å²) in [6, 6.07) is 12.7. The SMILES string of the molecule is C=C(CCC)N1C=C(c2ccc(C)cc2OCCc2cnn(C)c2)C=CC1NC.CC.CC.CC.Cc1ccc(C2=CN3C(CN(C)C)=NNC3C=N2)c(OCCc2c(C)nn(C)c2C)c1. The van der Waals surface area contributed by atoms with E-state index in [1.807, 2.05) is 105 Å². The maximum absolute atomic E-state index is 6.27. The van der Waals surface area contributed by atoms with Crippen LogP contribution in [0.15, 0.2) is 95.7 Å². The largest absolute Gasteiger partial charge is 0.493 e. The number of aromatic nitrogens is 4. The van der Waals surface area contributed by atoms with Gasteiger partial charge in [0.05, 0.1) is 37.3 Å². The first kappa shape index (κ1) is 54.4. The van der Waals surface area contributed by atoms with Gasteiger partial charge in [0.2, 0.25) is 0 Å². The lowest BCUT2D eigenvalue weighted by atomic mass is 10.0. The van der Waals surface area contributed by atoms with Crippen molar-refractivity contribution in [2.45, 2.75) is 114 Å². The molecule has 0 bridgehead atoms. The number of aryl methyl sites for hydroxylation is 5. The Hall–Kier alpha value is -5.92. The summed E-state index contributed by atoms with van der Waals surface area (Å²) in [7, 11) is 9.96. The monoisotopic (exact) mass is 904 g/mol. The fourth-order valence-electron chi connectivity index (χ4n) is 7.47. The van der Waals surface area contributed by atoms with E-state index in [-0.39, 0.29) is 12.3 Å². The minimum atomic E-state index is -0.0370. The highest BCUT2D eigenvalue weighted by Gasteiger charge is 2.29. The van der Waals surface area contributed by atoms with Crippen LogP contribution in [0.3, 0.4) is 0 Å². The Morgan fingerprint density at radius 1 is 0.879 bits per heavy atom. The maximum atomic E-state index is 6.27. The molecule has 2 aromatic carbocycles. The molecule has 13 heteroatoms. The number of hydrazone groups is 1. The molecule has 3 aliphatic heterocycles. The Morgan fingerprint density at radius 2 is 1.52 bits per heavy atom. The van der Waals surface area contributed by atoms with Gasteiger partial charge in [-0.05, 0) is 102 Å². The van der Waals surface area contributed by atoms with Gasteiger partial charge in [0, 0.05) is 79.8 Å². The van der Waals surface area contributed by atoms with Crippen LogP contribution in [0.25, 0.3) is 11.3 Å². The summed E-state index contributed by atoms with van der Waals surface area (Å²) in [6.07, 6.45) is 18.2. The van der Waals surface area contributed by atoms with Crippen LogP contribution in [0.4, 0.5) is 0 Å². The smallest absolute Gasteiger partial charge is 0.156 e. The van der Waals surface area contributed by atoms with Crippen LogP contribution >= 0.6 is 0 Å². The molecular formula is C53H81N11O2. The van der Waals surface area contributed by atoms with Gasteiger partial charge in [-0.15, -0.1) is 0 Å². The highest BCUT2D eigenvalue weighted by molar-refractivity contribution is 5.94. The molecule has 0 spiro atoms. The molecule has 0 radical (unpaired) electrons. The van der Waals surface area contributed by atoms with Crippen molar-refractivity contribution in [3.8, 4) is 11.5 Å². The maximum Gasteiger partial charge on any atom is 0.156 e. The van der Waals surface area contributed by atoms with Crippen LogP contribution < -0.4 is 20.2 Å². The minimum absolute atomic E-state index is 0.0370. The Kier molecular flexibility index (Phi) is 22.7.